The second kappa shape index (κ2) is 32.0. The minimum absolute atomic E-state index is 0.0103. The van der Waals surface area contributed by atoms with Gasteiger partial charge in [-0.25, -0.2) is 14.2 Å². The number of benzene rings is 5. The third kappa shape index (κ3) is 17.8. The number of H-pyrrole nitrogens is 1. The van der Waals surface area contributed by atoms with Crippen LogP contribution < -0.4 is 39.8 Å². The van der Waals surface area contributed by atoms with E-state index in [0.29, 0.717) is 42.4 Å². The van der Waals surface area contributed by atoms with E-state index in [2.05, 4.69) is 36.0 Å². The number of nitrogens with zero attached hydrogens (tertiary/aromatic N) is 6. The zero-order chi connectivity index (χ0) is 60.0. The zero-order valence-electron chi connectivity index (χ0n) is 48.8. The molecule has 0 spiro atoms. The van der Waals surface area contributed by atoms with Crippen LogP contribution in [0.1, 0.15) is 94.7 Å². The maximum atomic E-state index is 13.8. The number of nitriles is 1. The van der Waals surface area contributed by atoms with E-state index in [1.807, 2.05) is 150 Å². The quantitative estimate of drug-likeness (QED) is 0.0117. The van der Waals surface area contributed by atoms with Gasteiger partial charge in [-0.15, -0.1) is 0 Å². The summed E-state index contributed by atoms with van der Waals surface area (Å²) < 4.78 is 63.0. The first-order chi connectivity index (χ1) is 40.6. The van der Waals surface area contributed by atoms with Crippen molar-refractivity contribution in [1.82, 2.24) is 24.3 Å². The molecule has 5 unspecified atom stereocenters. The van der Waals surface area contributed by atoms with Crippen LogP contribution >= 0.6 is 8.53 Å². The fraction of sp³-hybridized carbons (Fsp3) is 0.387. The van der Waals surface area contributed by atoms with Crippen molar-refractivity contribution in [2.24, 2.45) is 10.2 Å². The number of aromatic amines is 1. The number of carbonyl (C=O) groups excluding carboxylic acids is 1. The predicted molar refractivity (Wildman–Crippen MR) is 327 cm³/mol. The van der Waals surface area contributed by atoms with Crippen molar-refractivity contribution in [3.8, 4) is 23.3 Å². The van der Waals surface area contributed by atoms with Crippen LogP contribution in [0.25, 0.3) is 6.08 Å². The van der Waals surface area contributed by atoms with E-state index in [0.717, 1.165) is 47.3 Å². The van der Waals surface area contributed by atoms with Crippen molar-refractivity contribution >= 4 is 48.8 Å². The third-order valence-electron chi connectivity index (χ3n) is 13.7. The summed E-state index contributed by atoms with van der Waals surface area (Å²) in [5.74, 6) is 1.33. The molecule has 7 rings (SSSR count). The summed E-state index contributed by atoms with van der Waals surface area (Å²) in [5, 5.41) is 20.9. The first-order valence-electron chi connectivity index (χ1n) is 28.0. The van der Waals surface area contributed by atoms with E-state index >= 15 is 0 Å². The topological polar surface area (TPSA) is 233 Å². The van der Waals surface area contributed by atoms with Gasteiger partial charge < -0.3 is 42.4 Å². The Hall–Kier alpha value is -7.38. The number of unbranched alkanes of at least 4 members (excludes halogenated alkanes) is 3. The SMILES string of the molecule is COc1ccc(C(OCC2OC(n3cc(C=CC(=O)NCCCCCCNS(=O)Oc4ccc(N=Nc5ccc(N(C)C)cc5)cc4)c(=O)[nH]c3=O)CC2OP(OCCC#N)N(C(C)C)C(C)C)(c2ccccc2)c2ccc(OC)cc2)cc1. The normalized spacial score (nSPS) is 16.1. The molecule has 1 aromatic heterocycles. The van der Waals surface area contributed by atoms with Gasteiger partial charge >= 0.3 is 5.69 Å². The summed E-state index contributed by atoms with van der Waals surface area (Å²) in [6.07, 6.45) is 4.78. The van der Waals surface area contributed by atoms with E-state index < -0.39 is 61.0 Å². The van der Waals surface area contributed by atoms with Crippen molar-refractivity contribution in [3.63, 3.8) is 0 Å². The maximum absolute atomic E-state index is 13.8. The van der Waals surface area contributed by atoms with Crippen molar-refractivity contribution < 1.29 is 41.2 Å². The van der Waals surface area contributed by atoms with Crippen LogP contribution in [0.2, 0.25) is 0 Å². The second-order valence-electron chi connectivity index (χ2n) is 20.5. The van der Waals surface area contributed by atoms with Crippen LogP contribution in [0.3, 0.4) is 0 Å². The van der Waals surface area contributed by atoms with Gasteiger partial charge in [0.05, 0.1) is 63.0 Å². The van der Waals surface area contributed by atoms with Gasteiger partial charge in [0.15, 0.2) is 0 Å². The number of azo groups is 1. The maximum Gasteiger partial charge on any atom is 0.330 e. The molecule has 2 heterocycles. The Bertz CT molecular complexity index is 3210. The van der Waals surface area contributed by atoms with Crippen LogP contribution in [-0.2, 0) is 40.2 Å². The molecule has 20 nitrogen and oxygen atoms in total. The molecule has 1 fully saturated rings. The zero-order valence-corrected chi connectivity index (χ0v) is 50.6. The van der Waals surface area contributed by atoms with Crippen LogP contribution in [-0.4, -0.2) is 103 Å². The molecule has 84 heavy (non-hydrogen) atoms. The van der Waals surface area contributed by atoms with Gasteiger partial charge in [0, 0.05) is 63.6 Å². The molecule has 5 atom stereocenters. The van der Waals surface area contributed by atoms with Crippen LogP contribution in [0.5, 0.6) is 17.2 Å². The van der Waals surface area contributed by atoms with E-state index in [1.165, 1.54) is 22.9 Å². The number of amides is 1. The highest BCUT2D eigenvalue weighted by Gasteiger charge is 2.45. The summed E-state index contributed by atoms with van der Waals surface area (Å²) >= 11 is -1.75. The Kier molecular flexibility index (Phi) is 24.5. The van der Waals surface area contributed by atoms with Crippen molar-refractivity contribution in [3.05, 3.63) is 183 Å². The van der Waals surface area contributed by atoms with Crippen molar-refractivity contribution in [2.45, 2.75) is 102 Å². The molecule has 3 N–H and O–H groups in total. The Labute approximate surface area is 495 Å². The lowest BCUT2D eigenvalue weighted by molar-refractivity contribution is -0.116. The van der Waals surface area contributed by atoms with E-state index in [1.54, 1.807) is 38.5 Å². The van der Waals surface area contributed by atoms with Crippen LogP contribution in [0.15, 0.2) is 159 Å². The highest BCUT2D eigenvalue weighted by molar-refractivity contribution is 7.78. The largest absolute Gasteiger partial charge is 0.497 e. The molecule has 5 aromatic carbocycles. The highest BCUT2D eigenvalue weighted by atomic mass is 32.2. The number of hydrogen-bond acceptors (Lipinski definition) is 16. The molecule has 0 bridgehead atoms. The molecule has 22 heteroatoms. The van der Waals surface area contributed by atoms with Crippen molar-refractivity contribution in [2.75, 3.05) is 59.5 Å². The number of ether oxygens (including phenoxy) is 4. The fourth-order valence-corrected chi connectivity index (χ4v) is 11.9. The Morgan fingerprint density at radius 1 is 0.821 bits per heavy atom. The second-order valence-corrected chi connectivity index (χ2v) is 22.8. The summed E-state index contributed by atoms with van der Waals surface area (Å²) in [6.45, 7) is 9.10. The number of carbonyl (C=O) groups is 1. The van der Waals surface area contributed by atoms with Gasteiger partial charge in [-0.1, -0.05) is 67.4 Å². The molecule has 446 valence electrons. The number of nitrogens with one attached hydrogen (secondary N) is 3. The standard InChI is InChI=1S/C62H76N9O11PS/c1-44(2)71(45(3)4)83(79-40-16-37-63)81-56-41-59(80-57(56)43-78-62(47-17-12-11-13-18-47,48-20-30-53(76-7)31-21-48)49-22-32-54(77-8)33-23-49)70-42-46(60(73)66-61(70)74)19-36-58(72)64-38-14-9-10-15-39-65-84(75)82-55-34-26-51(27-35-55)68-67-50-24-28-52(29-25-50)69(5)6/h11-13,17-36,42,44-45,56-57,59,65H,9-10,14-16,38-41,43H2,1-8H3,(H,64,72)(H,66,73,74). The molecule has 0 saturated carbocycles. The number of hydrogen-bond donors (Lipinski definition) is 3. The molecule has 0 aliphatic carbocycles. The first kappa shape index (κ1) is 64.2. The number of aromatic nitrogens is 2. The van der Waals surface area contributed by atoms with E-state index in [9.17, 15) is 23.9 Å². The smallest absolute Gasteiger partial charge is 0.330 e. The average molecular weight is 1190 g/mol. The molecular weight excluding hydrogens is 1110 g/mol. The lowest BCUT2D eigenvalue weighted by atomic mass is 9.80. The monoisotopic (exact) mass is 1190 g/mol. The van der Waals surface area contributed by atoms with Crippen LogP contribution in [0, 0.1) is 11.3 Å². The molecule has 1 aliphatic rings. The van der Waals surface area contributed by atoms with Crippen molar-refractivity contribution in [1.29, 1.82) is 5.26 Å². The number of rotatable bonds is 32. The fourth-order valence-electron chi connectivity index (χ4n) is 9.47. The number of anilines is 1. The minimum atomic E-state index is -1.79. The molecule has 0 radical (unpaired) electrons. The Morgan fingerprint density at radius 2 is 1.39 bits per heavy atom. The summed E-state index contributed by atoms with van der Waals surface area (Å²) in [5.41, 5.74) is 2.26. The predicted octanol–water partition coefficient (Wildman–Crippen LogP) is 10.9. The molecule has 6 aromatic rings. The molecule has 1 amide bonds. The Balaban J connectivity index is 0.989. The molecular formula is C62H76N9O11PS. The van der Waals surface area contributed by atoms with Gasteiger partial charge in [0.1, 0.15) is 35.2 Å². The third-order valence-corrected chi connectivity index (χ3v) is 16.6. The van der Waals surface area contributed by atoms with Gasteiger partial charge in [-0.05, 0) is 136 Å². The highest BCUT2D eigenvalue weighted by Crippen LogP contribution is 2.51. The van der Waals surface area contributed by atoms with Gasteiger partial charge in [-0.3, -0.25) is 19.1 Å². The summed E-state index contributed by atoms with van der Waals surface area (Å²) in [4.78, 5) is 44.6. The van der Waals surface area contributed by atoms with Crippen LogP contribution in [0.4, 0.5) is 17.1 Å². The van der Waals surface area contributed by atoms with Gasteiger partial charge in [0.25, 0.3) is 25.4 Å². The van der Waals surface area contributed by atoms with E-state index in [-0.39, 0.29) is 43.7 Å². The first-order valence-corrected chi connectivity index (χ1v) is 30.2. The average Bonchev–Trinajstić information content (AvgIpc) is 1.41. The van der Waals surface area contributed by atoms with Gasteiger partial charge in [-0.2, -0.15) is 19.7 Å². The minimum Gasteiger partial charge on any atom is -0.497 e. The van der Waals surface area contributed by atoms with Gasteiger partial charge in [0.2, 0.25) is 5.91 Å². The van der Waals surface area contributed by atoms with E-state index in [4.69, 9.17) is 32.2 Å². The summed E-state index contributed by atoms with van der Waals surface area (Å²) in [7, 11) is 5.38. The Morgan fingerprint density at radius 3 is 1.96 bits per heavy atom. The summed E-state index contributed by atoms with van der Waals surface area (Å²) in [6, 6.07) is 41.9. The lowest BCUT2D eigenvalue weighted by Crippen LogP contribution is -2.39. The molecule has 1 aliphatic heterocycles. The number of methoxy groups -OCH3 is 2. The lowest BCUT2D eigenvalue weighted by Gasteiger charge is -2.39. The molecule has 1 saturated heterocycles.